The Morgan fingerprint density at radius 1 is 1.15 bits per heavy atom. The molecular weight excluding hydrogens is 432 g/mol. The maximum atomic E-state index is 13.2. The van der Waals surface area contributed by atoms with Gasteiger partial charge in [-0.3, -0.25) is 4.79 Å². The van der Waals surface area contributed by atoms with E-state index in [1.165, 1.54) is 30.9 Å². The topological polar surface area (TPSA) is 93.1 Å². The zero-order valence-corrected chi connectivity index (χ0v) is 20.4. The number of hydrogen-bond donors (Lipinski definition) is 2. The van der Waals surface area contributed by atoms with E-state index in [9.17, 15) is 19.8 Å². The van der Waals surface area contributed by atoms with Crippen molar-refractivity contribution < 1.29 is 29.3 Å². The molecule has 34 heavy (non-hydrogen) atoms. The van der Waals surface area contributed by atoms with Crippen LogP contribution in [0.3, 0.4) is 0 Å². The summed E-state index contributed by atoms with van der Waals surface area (Å²) in [6, 6.07) is 4.21. The zero-order chi connectivity index (χ0) is 24.8. The summed E-state index contributed by atoms with van der Waals surface area (Å²) in [6.07, 6.45) is 8.97. The number of Topliss-reactive ketones (excluding diaryl/α,β-unsaturated/α-hetero) is 1. The van der Waals surface area contributed by atoms with Crippen molar-refractivity contribution in [3.63, 3.8) is 0 Å². The Balaban J connectivity index is 1.56. The summed E-state index contributed by atoms with van der Waals surface area (Å²) < 4.78 is 10.5. The molecule has 2 N–H and O–H groups in total. The number of allylic oxidation sites excluding steroid dienone is 7. The molecule has 2 unspecified atom stereocenters. The standard InChI is InChI=1S/C28H32O6/c1-16(15-34-26(32)18-7-9-20(29)21(14-18)33-5)19-13-17-8-10-22-27(2,3)11-6-12-28(22,4)23(17)25(31)24(19)30/h7-10,13-14,16,29,31H,6,11-12,15H2,1-5H3. The zero-order valence-electron chi connectivity index (χ0n) is 20.4. The number of benzene rings is 1. The number of methoxy groups -OCH3 is 1. The number of ether oxygens (including phenoxy) is 2. The maximum Gasteiger partial charge on any atom is 0.338 e. The van der Waals surface area contributed by atoms with Gasteiger partial charge in [-0.25, -0.2) is 4.79 Å². The summed E-state index contributed by atoms with van der Waals surface area (Å²) in [6.45, 7) is 8.34. The van der Waals surface area contributed by atoms with Gasteiger partial charge in [0.05, 0.1) is 19.3 Å². The Hall–Kier alpha value is -3.28. The molecule has 6 nitrogen and oxygen atoms in total. The Morgan fingerprint density at radius 2 is 1.88 bits per heavy atom. The van der Waals surface area contributed by atoms with Gasteiger partial charge in [0, 0.05) is 22.5 Å². The molecule has 0 aromatic heterocycles. The van der Waals surface area contributed by atoms with E-state index in [1.807, 2.05) is 12.2 Å². The quantitative estimate of drug-likeness (QED) is 0.551. The lowest BCUT2D eigenvalue weighted by molar-refractivity contribution is -0.115. The predicted molar refractivity (Wildman–Crippen MR) is 129 cm³/mol. The van der Waals surface area contributed by atoms with E-state index >= 15 is 0 Å². The van der Waals surface area contributed by atoms with Gasteiger partial charge in [-0.15, -0.1) is 0 Å². The van der Waals surface area contributed by atoms with Gasteiger partial charge in [-0.2, -0.15) is 0 Å². The van der Waals surface area contributed by atoms with E-state index in [1.54, 1.807) is 6.92 Å². The first-order chi connectivity index (χ1) is 16.0. The van der Waals surface area contributed by atoms with Gasteiger partial charge in [-0.1, -0.05) is 51.8 Å². The highest BCUT2D eigenvalue weighted by Crippen LogP contribution is 2.58. The lowest BCUT2D eigenvalue weighted by Gasteiger charge is -2.49. The van der Waals surface area contributed by atoms with Crippen molar-refractivity contribution >= 4 is 11.8 Å². The summed E-state index contributed by atoms with van der Waals surface area (Å²) in [7, 11) is 1.40. The first-order valence-corrected chi connectivity index (χ1v) is 11.7. The van der Waals surface area contributed by atoms with Gasteiger partial charge in [0.1, 0.15) is 0 Å². The molecule has 0 amide bonds. The number of phenolic OH excluding ortho intramolecular Hbond substituents is 1. The first kappa shape index (κ1) is 23.9. The van der Waals surface area contributed by atoms with Crippen LogP contribution in [0.25, 0.3) is 0 Å². The van der Waals surface area contributed by atoms with Crippen LogP contribution in [0.15, 0.2) is 64.5 Å². The van der Waals surface area contributed by atoms with Crippen molar-refractivity contribution in [1.82, 2.24) is 0 Å². The molecule has 3 aliphatic rings. The highest BCUT2D eigenvalue weighted by Gasteiger charge is 2.48. The third-order valence-corrected chi connectivity index (χ3v) is 7.51. The number of rotatable bonds is 5. The van der Waals surface area contributed by atoms with Gasteiger partial charge >= 0.3 is 5.97 Å². The molecule has 0 bridgehead atoms. The molecule has 4 rings (SSSR count). The lowest BCUT2D eigenvalue weighted by atomic mass is 9.54. The summed E-state index contributed by atoms with van der Waals surface area (Å²) >= 11 is 0. The molecule has 6 heteroatoms. The fraction of sp³-hybridized carbons (Fsp3) is 0.429. The number of carbonyl (C=O) groups is 2. The van der Waals surface area contributed by atoms with Crippen molar-refractivity contribution in [2.24, 2.45) is 16.7 Å². The van der Waals surface area contributed by atoms with Crippen LogP contribution in [-0.4, -0.2) is 35.7 Å². The van der Waals surface area contributed by atoms with E-state index < -0.39 is 17.7 Å². The second-order valence-electron chi connectivity index (χ2n) is 10.3. The monoisotopic (exact) mass is 464 g/mol. The van der Waals surface area contributed by atoms with Crippen molar-refractivity contribution in [1.29, 1.82) is 0 Å². The van der Waals surface area contributed by atoms with Gasteiger partial charge in [0.15, 0.2) is 17.3 Å². The van der Waals surface area contributed by atoms with Crippen LogP contribution in [0.1, 0.15) is 57.3 Å². The van der Waals surface area contributed by atoms with Crippen LogP contribution in [0, 0.1) is 16.7 Å². The van der Waals surface area contributed by atoms with Gasteiger partial charge in [0.25, 0.3) is 0 Å². The first-order valence-electron chi connectivity index (χ1n) is 11.7. The molecule has 2 atom stereocenters. The third-order valence-electron chi connectivity index (χ3n) is 7.51. The number of esters is 1. The molecule has 1 fully saturated rings. The van der Waals surface area contributed by atoms with Crippen molar-refractivity contribution in [3.8, 4) is 11.5 Å². The minimum atomic E-state index is -0.587. The van der Waals surface area contributed by atoms with Gasteiger partial charge in [0.2, 0.25) is 5.78 Å². The van der Waals surface area contributed by atoms with Crippen LogP contribution in [-0.2, 0) is 9.53 Å². The minimum Gasteiger partial charge on any atom is -0.504 e. The highest BCUT2D eigenvalue weighted by atomic mass is 16.5. The summed E-state index contributed by atoms with van der Waals surface area (Å²) in [5, 5.41) is 20.8. The van der Waals surface area contributed by atoms with E-state index in [-0.39, 0.29) is 40.3 Å². The maximum absolute atomic E-state index is 13.2. The number of carbonyl (C=O) groups excluding carboxylic acids is 2. The summed E-state index contributed by atoms with van der Waals surface area (Å²) in [5.74, 6) is -1.51. The Kier molecular flexibility index (Phi) is 5.96. The number of aromatic hydroxyl groups is 1. The molecule has 3 aliphatic carbocycles. The second kappa shape index (κ2) is 8.49. The molecule has 0 spiro atoms. The molecule has 1 aromatic carbocycles. The lowest BCUT2D eigenvalue weighted by Crippen LogP contribution is -2.40. The van der Waals surface area contributed by atoms with Gasteiger partial charge < -0.3 is 19.7 Å². The molecule has 0 saturated heterocycles. The van der Waals surface area contributed by atoms with Crippen LogP contribution >= 0.6 is 0 Å². The largest absolute Gasteiger partial charge is 0.504 e. The fourth-order valence-corrected chi connectivity index (χ4v) is 5.69. The van der Waals surface area contributed by atoms with E-state index in [4.69, 9.17) is 9.47 Å². The Morgan fingerprint density at radius 3 is 2.59 bits per heavy atom. The van der Waals surface area contributed by atoms with E-state index in [2.05, 4.69) is 26.8 Å². The SMILES string of the molecule is COc1cc(C(=O)OCC(C)C2=CC3=CC=C4C(C)(C)CCCC4(C)C3=C(O)C2=O)ccc1O. The van der Waals surface area contributed by atoms with E-state index in [0.717, 1.165) is 24.8 Å². The van der Waals surface area contributed by atoms with Crippen molar-refractivity contribution in [3.05, 3.63) is 70.0 Å². The number of aliphatic hydroxyl groups excluding tert-OH is 1. The molecule has 0 heterocycles. The molecule has 0 aliphatic heterocycles. The third kappa shape index (κ3) is 3.85. The Labute approximate surface area is 200 Å². The average molecular weight is 465 g/mol. The molecular formula is C28H32O6. The predicted octanol–water partition coefficient (Wildman–Crippen LogP) is 5.60. The molecule has 0 radical (unpaired) electrons. The summed E-state index contributed by atoms with van der Waals surface area (Å²) in [5.41, 5.74) is 3.10. The molecule has 1 saturated carbocycles. The van der Waals surface area contributed by atoms with Crippen LogP contribution in [0.4, 0.5) is 0 Å². The number of hydrogen-bond acceptors (Lipinski definition) is 6. The molecule has 180 valence electrons. The Bertz CT molecular complexity index is 1180. The second-order valence-corrected chi connectivity index (χ2v) is 10.3. The smallest absolute Gasteiger partial charge is 0.338 e. The molecule has 1 aromatic rings. The summed E-state index contributed by atoms with van der Waals surface area (Å²) in [4.78, 5) is 25.7. The van der Waals surface area contributed by atoms with Crippen molar-refractivity contribution in [2.45, 2.75) is 47.0 Å². The number of aliphatic hydroxyl groups is 1. The minimum absolute atomic E-state index is 0.00769. The number of fused-ring (bicyclic) bond motifs is 3. The van der Waals surface area contributed by atoms with E-state index in [0.29, 0.717) is 11.1 Å². The van der Waals surface area contributed by atoms with Crippen LogP contribution in [0.5, 0.6) is 11.5 Å². The number of phenols is 1. The van der Waals surface area contributed by atoms with Gasteiger partial charge in [-0.05, 0) is 48.1 Å². The normalized spacial score (nSPS) is 24.3. The highest BCUT2D eigenvalue weighted by molar-refractivity contribution is 6.10. The number of ketones is 1. The van der Waals surface area contributed by atoms with Crippen LogP contribution < -0.4 is 4.74 Å². The van der Waals surface area contributed by atoms with Crippen LogP contribution in [0.2, 0.25) is 0 Å². The fourth-order valence-electron chi connectivity index (χ4n) is 5.69. The van der Waals surface area contributed by atoms with Crippen molar-refractivity contribution in [2.75, 3.05) is 13.7 Å². The average Bonchev–Trinajstić information content (AvgIpc) is 2.78.